The van der Waals surface area contributed by atoms with E-state index in [4.69, 9.17) is 9.05 Å². The van der Waals surface area contributed by atoms with Crippen molar-refractivity contribution in [2.45, 2.75) is 46.5 Å². The van der Waals surface area contributed by atoms with Crippen LogP contribution in [0.15, 0.2) is 0 Å². The van der Waals surface area contributed by atoms with Gasteiger partial charge >= 0.3 is 7.60 Å². The monoisotopic (exact) mass is 291 g/mol. The average Bonchev–Trinajstić information content (AvgIpc) is 3.18. The molecule has 5 nitrogen and oxygen atoms in total. The van der Waals surface area contributed by atoms with E-state index in [0.717, 1.165) is 25.7 Å². The molecule has 0 aromatic carbocycles. The van der Waals surface area contributed by atoms with Crippen LogP contribution in [0.1, 0.15) is 46.5 Å². The second-order valence-corrected chi connectivity index (χ2v) is 6.84. The zero-order valence-corrected chi connectivity index (χ0v) is 13.2. The lowest BCUT2D eigenvalue weighted by atomic mass is 10.3. The van der Waals surface area contributed by atoms with Crippen molar-refractivity contribution in [2.75, 3.05) is 26.0 Å². The van der Waals surface area contributed by atoms with E-state index < -0.39 is 7.60 Å². The average molecular weight is 291 g/mol. The van der Waals surface area contributed by atoms with Crippen molar-refractivity contribution in [2.24, 2.45) is 5.92 Å². The molecular formula is C13H26NO4P. The first-order valence-electron chi connectivity index (χ1n) is 7.23. The van der Waals surface area contributed by atoms with Crippen LogP contribution in [0.4, 0.5) is 0 Å². The number of unbranched alkanes of at least 4 members (excludes halogenated alkanes) is 1. The van der Waals surface area contributed by atoms with Gasteiger partial charge in [-0.25, -0.2) is 0 Å². The van der Waals surface area contributed by atoms with Crippen molar-refractivity contribution in [1.82, 2.24) is 4.90 Å². The quantitative estimate of drug-likeness (QED) is 0.580. The molecule has 0 radical (unpaired) electrons. The summed E-state index contributed by atoms with van der Waals surface area (Å²) in [5.74, 6) is 0.238. The van der Waals surface area contributed by atoms with Gasteiger partial charge in [0.1, 0.15) is 6.29 Å². The van der Waals surface area contributed by atoms with Crippen molar-refractivity contribution in [1.29, 1.82) is 0 Å². The molecular weight excluding hydrogens is 265 g/mol. The summed E-state index contributed by atoms with van der Waals surface area (Å²) >= 11 is 0. The molecule has 0 bridgehead atoms. The van der Waals surface area contributed by atoms with Crippen molar-refractivity contribution in [3.63, 3.8) is 0 Å². The number of amides is 1. The molecule has 6 heteroatoms. The smallest absolute Gasteiger partial charge is 0.330 e. The number of hydrogen-bond donors (Lipinski definition) is 0. The van der Waals surface area contributed by atoms with E-state index in [-0.39, 0.29) is 18.1 Å². The zero-order valence-electron chi connectivity index (χ0n) is 12.3. The summed E-state index contributed by atoms with van der Waals surface area (Å²) in [4.78, 5) is 13.9. The summed E-state index contributed by atoms with van der Waals surface area (Å²) in [6.45, 7) is 6.93. The molecule has 1 aliphatic carbocycles. The fourth-order valence-electron chi connectivity index (χ4n) is 1.91. The van der Waals surface area contributed by atoms with E-state index in [1.807, 2.05) is 0 Å². The van der Waals surface area contributed by atoms with Crippen LogP contribution in [0.25, 0.3) is 0 Å². The normalized spacial score (nSPS) is 15.5. The van der Waals surface area contributed by atoms with Gasteiger partial charge in [-0.05, 0) is 33.1 Å². The van der Waals surface area contributed by atoms with Gasteiger partial charge in [0.05, 0.1) is 13.2 Å². The number of rotatable bonds is 10. The van der Waals surface area contributed by atoms with Crippen molar-refractivity contribution in [3.05, 3.63) is 0 Å². The third-order valence-electron chi connectivity index (χ3n) is 3.02. The third-order valence-corrected chi connectivity index (χ3v) is 5.01. The fourth-order valence-corrected chi connectivity index (χ4v) is 3.63. The molecule has 1 aliphatic rings. The lowest BCUT2D eigenvalue weighted by molar-refractivity contribution is -0.132. The summed E-state index contributed by atoms with van der Waals surface area (Å²) in [6.07, 6.45) is 3.91. The number of carbonyl (C=O) groups excluding carboxylic acids is 1. The standard InChI is InChI=1S/C13H26NO4P/c1-4-7-10-14(13(15)12-8-9-12)11-19(16,17-5-2)18-6-3/h12H,4-11H2,1-3H3. The Bertz CT molecular complexity index is 321. The zero-order chi connectivity index (χ0) is 14.3. The van der Waals surface area contributed by atoms with Crippen LogP contribution < -0.4 is 0 Å². The molecule has 0 unspecified atom stereocenters. The molecule has 1 rings (SSSR count). The molecule has 0 aliphatic heterocycles. The predicted octanol–water partition coefficient (Wildman–Crippen LogP) is 3.25. The Morgan fingerprint density at radius 2 is 1.79 bits per heavy atom. The molecule has 19 heavy (non-hydrogen) atoms. The number of carbonyl (C=O) groups is 1. The van der Waals surface area contributed by atoms with Crippen LogP contribution in [-0.2, 0) is 18.4 Å². The summed E-state index contributed by atoms with van der Waals surface area (Å²) in [6, 6.07) is 0. The molecule has 1 fully saturated rings. The van der Waals surface area contributed by atoms with Gasteiger partial charge in [0.15, 0.2) is 0 Å². The fraction of sp³-hybridized carbons (Fsp3) is 0.923. The Balaban J connectivity index is 2.66. The van der Waals surface area contributed by atoms with Gasteiger partial charge in [-0.1, -0.05) is 13.3 Å². The first-order valence-corrected chi connectivity index (χ1v) is 8.96. The molecule has 1 saturated carbocycles. The second-order valence-electron chi connectivity index (χ2n) is 4.82. The van der Waals surface area contributed by atoms with E-state index in [2.05, 4.69) is 6.92 Å². The Morgan fingerprint density at radius 1 is 1.21 bits per heavy atom. The van der Waals surface area contributed by atoms with E-state index in [1.54, 1.807) is 18.7 Å². The van der Waals surface area contributed by atoms with Gasteiger partial charge in [-0.2, -0.15) is 0 Å². The van der Waals surface area contributed by atoms with Crippen LogP contribution in [0.2, 0.25) is 0 Å². The molecule has 0 saturated heterocycles. The van der Waals surface area contributed by atoms with Crippen molar-refractivity contribution < 1.29 is 18.4 Å². The van der Waals surface area contributed by atoms with Crippen LogP contribution in [0, 0.1) is 5.92 Å². The van der Waals surface area contributed by atoms with Crippen LogP contribution in [-0.4, -0.2) is 36.9 Å². The van der Waals surface area contributed by atoms with Crippen molar-refractivity contribution >= 4 is 13.5 Å². The SMILES string of the molecule is CCCCN(CP(=O)(OCC)OCC)C(=O)C1CC1. The highest BCUT2D eigenvalue weighted by Gasteiger charge is 2.37. The van der Waals surface area contributed by atoms with E-state index in [1.165, 1.54) is 0 Å². The van der Waals surface area contributed by atoms with Crippen molar-refractivity contribution in [3.8, 4) is 0 Å². The Hall–Kier alpha value is -0.380. The van der Waals surface area contributed by atoms with Crippen LogP contribution in [0.3, 0.4) is 0 Å². The minimum absolute atomic E-state index is 0.0873. The van der Waals surface area contributed by atoms with Crippen LogP contribution in [0.5, 0.6) is 0 Å². The highest BCUT2D eigenvalue weighted by atomic mass is 31.2. The minimum atomic E-state index is -3.18. The molecule has 0 atom stereocenters. The molecule has 0 heterocycles. The molecule has 0 aromatic rings. The predicted molar refractivity (Wildman–Crippen MR) is 75.1 cm³/mol. The first-order chi connectivity index (χ1) is 9.06. The molecule has 112 valence electrons. The Labute approximate surface area is 116 Å². The maximum absolute atomic E-state index is 12.5. The van der Waals surface area contributed by atoms with E-state index >= 15 is 0 Å². The molecule has 1 amide bonds. The highest BCUT2D eigenvalue weighted by molar-refractivity contribution is 7.53. The molecule has 0 aromatic heterocycles. The number of hydrogen-bond acceptors (Lipinski definition) is 4. The lowest BCUT2D eigenvalue weighted by Gasteiger charge is -2.27. The second kappa shape index (κ2) is 8.03. The Kier molecular flexibility index (Phi) is 7.05. The highest BCUT2D eigenvalue weighted by Crippen LogP contribution is 2.49. The Morgan fingerprint density at radius 3 is 2.21 bits per heavy atom. The third kappa shape index (κ3) is 5.64. The maximum atomic E-state index is 12.5. The summed E-state index contributed by atoms with van der Waals surface area (Å²) in [5, 5.41) is 0. The van der Waals surface area contributed by atoms with E-state index in [9.17, 15) is 9.36 Å². The molecule has 0 spiro atoms. The van der Waals surface area contributed by atoms with Gasteiger partial charge in [0, 0.05) is 12.5 Å². The number of nitrogens with zero attached hydrogens (tertiary/aromatic N) is 1. The topological polar surface area (TPSA) is 55.8 Å². The minimum Gasteiger partial charge on any atom is -0.330 e. The lowest BCUT2D eigenvalue weighted by Crippen LogP contribution is -2.34. The van der Waals surface area contributed by atoms with Gasteiger partial charge in [-0.15, -0.1) is 0 Å². The van der Waals surface area contributed by atoms with Gasteiger partial charge in [-0.3, -0.25) is 9.36 Å². The van der Waals surface area contributed by atoms with Gasteiger partial charge in [0.25, 0.3) is 0 Å². The van der Waals surface area contributed by atoms with E-state index in [0.29, 0.717) is 19.8 Å². The first kappa shape index (κ1) is 16.7. The summed E-state index contributed by atoms with van der Waals surface area (Å²) in [5.41, 5.74) is 0. The maximum Gasteiger partial charge on any atom is 0.349 e. The summed E-state index contributed by atoms with van der Waals surface area (Å²) < 4.78 is 23.0. The van der Waals surface area contributed by atoms with Crippen LogP contribution >= 0.6 is 7.60 Å². The molecule has 0 N–H and O–H groups in total. The van der Waals surface area contributed by atoms with Gasteiger partial charge < -0.3 is 13.9 Å². The van der Waals surface area contributed by atoms with Gasteiger partial charge in [0.2, 0.25) is 5.91 Å². The largest absolute Gasteiger partial charge is 0.349 e. The summed E-state index contributed by atoms with van der Waals surface area (Å²) in [7, 11) is -3.18.